The zero-order valence-corrected chi connectivity index (χ0v) is 11.9. The minimum Gasteiger partial charge on any atom is -0.493 e. The smallest absolute Gasteiger partial charge is 0.166 e. The van der Waals surface area contributed by atoms with Crippen molar-refractivity contribution < 1.29 is 14.2 Å². The molecule has 2 rings (SSSR count). The molecule has 0 aliphatic carbocycles. The molecule has 1 saturated heterocycles. The van der Waals surface area contributed by atoms with Gasteiger partial charge in [-0.15, -0.1) is 0 Å². The van der Waals surface area contributed by atoms with Crippen molar-refractivity contribution in [2.45, 2.75) is 18.9 Å². The van der Waals surface area contributed by atoms with Crippen molar-refractivity contribution in [2.24, 2.45) is 5.92 Å². The van der Waals surface area contributed by atoms with Crippen molar-refractivity contribution in [1.29, 1.82) is 0 Å². The number of nitrogens with one attached hydrogen (secondary N) is 1. The molecule has 0 aromatic heterocycles. The van der Waals surface area contributed by atoms with E-state index in [2.05, 4.69) is 11.4 Å². The molecule has 4 nitrogen and oxygen atoms in total. The molecule has 1 heterocycles. The largest absolute Gasteiger partial charge is 0.493 e. The van der Waals surface area contributed by atoms with Gasteiger partial charge in [0.1, 0.15) is 0 Å². The SMILES string of the molecule is CNCC1CCCOC1c1cccc(OC)c1OC. The third kappa shape index (κ3) is 3.01. The summed E-state index contributed by atoms with van der Waals surface area (Å²) >= 11 is 0. The summed E-state index contributed by atoms with van der Waals surface area (Å²) < 4.78 is 16.9. The van der Waals surface area contributed by atoms with Gasteiger partial charge in [-0.25, -0.2) is 0 Å². The summed E-state index contributed by atoms with van der Waals surface area (Å²) in [7, 11) is 5.32. The van der Waals surface area contributed by atoms with Gasteiger partial charge in [0, 0.05) is 24.6 Å². The maximum Gasteiger partial charge on any atom is 0.166 e. The minimum atomic E-state index is 0.0752. The van der Waals surface area contributed by atoms with Crippen molar-refractivity contribution >= 4 is 0 Å². The molecule has 1 aliphatic rings. The van der Waals surface area contributed by atoms with Crippen LogP contribution in [0.2, 0.25) is 0 Å². The Balaban J connectivity index is 2.32. The van der Waals surface area contributed by atoms with Crippen LogP contribution in [-0.2, 0) is 4.74 Å². The fourth-order valence-corrected chi connectivity index (χ4v) is 2.79. The van der Waals surface area contributed by atoms with E-state index >= 15 is 0 Å². The molecule has 1 aromatic rings. The topological polar surface area (TPSA) is 39.7 Å². The molecule has 19 heavy (non-hydrogen) atoms. The first-order valence-electron chi connectivity index (χ1n) is 6.79. The number of benzene rings is 1. The lowest BCUT2D eigenvalue weighted by atomic mass is 9.89. The molecule has 1 aromatic carbocycles. The van der Waals surface area contributed by atoms with E-state index in [4.69, 9.17) is 14.2 Å². The summed E-state index contributed by atoms with van der Waals surface area (Å²) in [6.07, 6.45) is 2.37. The summed E-state index contributed by atoms with van der Waals surface area (Å²) in [6, 6.07) is 5.98. The molecule has 0 saturated carbocycles. The third-order valence-corrected chi connectivity index (χ3v) is 3.65. The third-order valence-electron chi connectivity index (χ3n) is 3.65. The van der Waals surface area contributed by atoms with Crippen LogP contribution < -0.4 is 14.8 Å². The second kappa shape index (κ2) is 6.78. The van der Waals surface area contributed by atoms with Gasteiger partial charge in [0.2, 0.25) is 0 Å². The standard InChI is InChI=1S/C15H23NO3/c1-16-10-11-6-5-9-19-14(11)12-7-4-8-13(17-2)15(12)18-3/h4,7-8,11,14,16H,5-6,9-10H2,1-3H3. The molecule has 2 unspecified atom stereocenters. The Bertz CT molecular complexity index is 406. The van der Waals surface area contributed by atoms with Crippen LogP contribution in [0.3, 0.4) is 0 Å². The Labute approximate surface area is 115 Å². The van der Waals surface area contributed by atoms with E-state index in [0.29, 0.717) is 5.92 Å². The maximum atomic E-state index is 6.00. The van der Waals surface area contributed by atoms with Crippen LogP contribution in [0.4, 0.5) is 0 Å². The molecule has 2 atom stereocenters. The average Bonchev–Trinajstić information content (AvgIpc) is 2.47. The van der Waals surface area contributed by atoms with Crippen LogP contribution in [0.15, 0.2) is 18.2 Å². The highest BCUT2D eigenvalue weighted by Gasteiger charge is 2.30. The molecular weight excluding hydrogens is 242 g/mol. The van der Waals surface area contributed by atoms with Gasteiger partial charge >= 0.3 is 0 Å². The van der Waals surface area contributed by atoms with Crippen LogP contribution in [0.5, 0.6) is 11.5 Å². The highest BCUT2D eigenvalue weighted by atomic mass is 16.5. The van der Waals surface area contributed by atoms with E-state index in [1.165, 1.54) is 6.42 Å². The normalized spacial score (nSPS) is 23.1. The molecule has 1 aliphatic heterocycles. The van der Waals surface area contributed by atoms with Crippen molar-refractivity contribution in [2.75, 3.05) is 34.4 Å². The van der Waals surface area contributed by atoms with Gasteiger partial charge in [-0.1, -0.05) is 12.1 Å². The number of ether oxygens (including phenoxy) is 3. The zero-order chi connectivity index (χ0) is 13.7. The van der Waals surface area contributed by atoms with Crippen molar-refractivity contribution in [1.82, 2.24) is 5.32 Å². The summed E-state index contributed by atoms with van der Waals surface area (Å²) in [5, 5.41) is 3.25. The van der Waals surface area contributed by atoms with Crippen molar-refractivity contribution in [3.63, 3.8) is 0 Å². The molecule has 0 bridgehead atoms. The monoisotopic (exact) mass is 265 g/mol. The number of rotatable bonds is 5. The predicted molar refractivity (Wildman–Crippen MR) is 74.9 cm³/mol. The Morgan fingerprint density at radius 3 is 2.84 bits per heavy atom. The Morgan fingerprint density at radius 2 is 2.16 bits per heavy atom. The van der Waals surface area contributed by atoms with Crippen LogP contribution in [0.1, 0.15) is 24.5 Å². The van der Waals surface area contributed by atoms with Gasteiger partial charge in [0.25, 0.3) is 0 Å². The lowest BCUT2D eigenvalue weighted by molar-refractivity contribution is -0.0285. The van der Waals surface area contributed by atoms with E-state index in [-0.39, 0.29) is 6.10 Å². The van der Waals surface area contributed by atoms with E-state index < -0.39 is 0 Å². The minimum absolute atomic E-state index is 0.0752. The van der Waals surface area contributed by atoms with Crippen LogP contribution in [-0.4, -0.2) is 34.4 Å². The number of para-hydroxylation sites is 1. The average molecular weight is 265 g/mol. The second-order valence-electron chi connectivity index (χ2n) is 4.83. The van der Waals surface area contributed by atoms with Crippen molar-refractivity contribution in [3.05, 3.63) is 23.8 Å². The van der Waals surface area contributed by atoms with E-state index in [1.54, 1.807) is 14.2 Å². The molecular formula is C15H23NO3. The fraction of sp³-hybridized carbons (Fsp3) is 0.600. The number of hydrogen-bond acceptors (Lipinski definition) is 4. The van der Waals surface area contributed by atoms with Gasteiger partial charge in [0.05, 0.1) is 20.3 Å². The molecule has 0 radical (unpaired) electrons. The Morgan fingerprint density at radius 1 is 1.32 bits per heavy atom. The second-order valence-corrected chi connectivity index (χ2v) is 4.83. The summed E-state index contributed by atoms with van der Waals surface area (Å²) in [5.41, 5.74) is 1.09. The van der Waals surface area contributed by atoms with Gasteiger partial charge in [-0.2, -0.15) is 0 Å². The molecule has 106 valence electrons. The zero-order valence-electron chi connectivity index (χ0n) is 11.9. The lowest BCUT2D eigenvalue weighted by Crippen LogP contribution is -2.30. The molecule has 1 fully saturated rings. The van der Waals surface area contributed by atoms with Crippen LogP contribution in [0.25, 0.3) is 0 Å². The van der Waals surface area contributed by atoms with E-state index in [0.717, 1.165) is 36.6 Å². The summed E-state index contributed by atoms with van der Waals surface area (Å²) in [4.78, 5) is 0. The molecule has 4 heteroatoms. The highest BCUT2D eigenvalue weighted by molar-refractivity contribution is 5.48. The maximum absolute atomic E-state index is 6.00. The van der Waals surface area contributed by atoms with E-state index in [1.807, 2.05) is 19.2 Å². The van der Waals surface area contributed by atoms with Gasteiger partial charge < -0.3 is 19.5 Å². The first kappa shape index (κ1) is 14.2. The first-order chi connectivity index (χ1) is 9.31. The lowest BCUT2D eigenvalue weighted by Gasteiger charge is -2.33. The van der Waals surface area contributed by atoms with E-state index in [9.17, 15) is 0 Å². The molecule has 1 N–H and O–H groups in total. The fourth-order valence-electron chi connectivity index (χ4n) is 2.79. The van der Waals surface area contributed by atoms with Crippen LogP contribution >= 0.6 is 0 Å². The van der Waals surface area contributed by atoms with Crippen LogP contribution in [0, 0.1) is 5.92 Å². The highest BCUT2D eigenvalue weighted by Crippen LogP contribution is 2.41. The Hall–Kier alpha value is -1.26. The number of hydrogen-bond donors (Lipinski definition) is 1. The number of methoxy groups -OCH3 is 2. The molecule has 0 amide bonds. The summed E-state index contributed by atoms with van der Waals surface area (Å²) in [5.74, 6) is 2.02. The van der Waals surface area contributed by atoms with Gasteiger partial charge in [0.15, 0.2) is 11.5 Å². The first-order valence-corrected chi connectivity index (χ1v) is 6.79. The van der Waals surface area contributed by atoms with Crippen molar-refractivity contribution in [3.8, 4) is 11.5 Å². The Kier molecular flexibility index (Phi) is 5.05. The summed E-state index contributed by atoms with van der Waals surface area (Å²) in [6.45, 7) is 1.76. The van der Waals surface area contributed by atoms with Gasteiger partial charge in [-0.05, 0) is 26.0 Å². The van der Waals surface area contributed by atoms with Gasteiger partial charge in [-0.3, -0.25) is 0 Å². The quantitative estimate of drug-likeness (QED) is 0.887. The predicted octanol–water partition coefficient (Wildman–Crippen LogP) is 2.39. The molecule has 0 spiro atoms.